The summed E-state index contributed by atoms with van der Waals surface area (Å²) in [6.45, 7) is 10.1. The summed E-state index contributed by atoms with van der Waals surface area (Å²) in [5.41, 5.74) is 6.18. The van der Waals surface area contributed by atoms with Crippen LogP contribution in [0.4, 0.5) is 0 Å². The number of hydrogen-bond donors (Lipinski definition) is 1. The lowest BCUT2D eigenvalue weighted by molar-refractivity contribution is 0.0913. The van der Waals surface area contributed by atoms with Crippen LogP contribution < -0.4 is 5.73 Å². The van der Waals surface area contributed by atoms with Gasteiger partial charge in [0.25, 0.3) is 0 Å². The molecule has 0 radical (unpaired) electrons. The number of nitrogens with two attached hydrogens (primary N) is 1. The third-order valence-corrected chi connectivity index (χ3v) is 4.52. The Labute approximate surface area is 108 Å². The maximum atomic E-state index is 6.18. The zero-order valence-corrected chi connectivity index (χ0v) is 11.6. The molecule has 4 heteroatoms. The van der Waals surface area contributed by atoms with Crippen LogP contribution in [0.5, 0.6) is 0 Å². The van der Waals surface area contributed by atoms with Crippen molar-refractivity contribution in [2.75, 3.05) is 32.7 Å². The highest BCUT2D eigenvalue weighted by molar-refractivity contribution is 7.10. The zero-order valence-electron chi connectivity index (χ0n) is 10.8. The summed E-state index contributed by atoms with van der Waals surface area (Å²) in [7, 11) is 0. The van der Waals surface area contributed by atoms with Crippen molar-refractivity contribution in [2.24, 2.45) is 5.73 Å². The summed E-state index contributed by atoms with van der Waals surface area (Å²) in [5.74, 6) is 0. The van der Waals surface area contributed by atoms with Gasteiger partial charge in [-0.3, -0.25) is 4.90 Å². The first kappa shape index (κ1) is 13.0. The molecule has 0 aliphatic carbocycles. The van der Waals surface area contributed by atoms with Crippen LogP contribution >= 0.6 is 11.3 Å². The minimum Gasteiger partial charge on any atom is -0.326 e. The number of nitrogens with zero attached hydrogens (tertiary/aromatic N) is 2. The average Bonchev–Trinajstić information content (AvgIpc) is 2.83. The molecule has 0 unspecified atom stereocenters. The fourth-order valence-electron chi connectivity index (χ4n) is 2.59. The van der Waals surface area contributed by atoms with Crippen molar-refractivity contribution in [1.29, 1.82) is 0 Å². The van der Waals surface area contributed by atoms with Gasteiger partial charge < -0.3 is 10.6 Å². The molecule has 1 aliphatic rings. The Morgan fingerprint density at radius 1 is 1.35 bits per heavy atom. The smallest absolute Gasteiger partial charge is 0.0591 e. The highest BCUT2D eigenvalue weighted by atomic mass is 32.1. The van der Waals surface area contributed by atoms with Crippen LogP contribution in [0.15, 0.2) is 17.5 Å². The average molecular weight is 253 g/mol. The second-order valence-electron chi connectivity index (χ2n) is 4.79. The van der Waals surface area contributed by atoms with Crippen LogP contribution in [0.2, 0.25) is 0 Å². The van der Waals surface area contributed by atoms with Crippen LogP contribution in [0, 0.1) is 0 Å². The highest BCUT2D eigenvalue weighted by Gasteiger charge is 2.27. The predicted molar refractivity (Wildman–Crippen MR) is 74.4 cm³/mol. The monoisotopic (exact) mass is 253 g/mol. The van der Waals surface area contributed by atoms with Gasteiger partial charge in [0, 0.05) is 37.1 Å². The van der Waals surface area contributed by atoms with Gasteiger partial charge in [-0.15, -0.1) is 11.3 Å². The van der Waals surface area contributed by atoms with Crippen molar-refractivity contribution in [3.8, 4) is 0 Å². The summed E-state index contributed by atoms with van der Waals surface area (Å²) < 4.78 is 0. The van der Waals surface area contributed by atoms with Crippen LogP contribution in [0.1, 0.15) is 24.8 Å². The SMILES string of the molecule is CCN1CCN([C@H](c2cccs2)[C@H](C)N)CC1. The Balaban J connectivity index is 2.03. The molecule has 0 amide bonds. The summed E-state index contributed by atoms with van der Waals surface area (Å²) in [5, 5.41) is 2.15. The van der Waals surface area contributed by atoms with E-state index in [0.29, 0.717) is 6.04 Å². The molecule has 2 rings (SSSR count). The Morgan fingerprint density at radius 3 is 2.53 bits per heavy atom. The first-order chi connectivity index (χ1) is 8.22. The lowest BCUT2D eigenvalue weighted by Gasteiger charge is -2.40. The lowest BCUT2D eigenvalue weighted by Crippen LogP contribution is -2.50. The zero-order chi connectivity index (χ0) is 12.3. The molecule has 0 aromatic carbocycles. The quantitative estimate of drug-likeness (QED) is 0.888. The molecule has 2 heterocycles. The molecule has 3 nitrogen and oxygen atoms in total. The highest BCUT2D eigenvalue weighted by Crippen LogP contribution is 2.28. The molecule has 1 aliphatic heterocycles. The van der Waals surface area contributed by atoms with Gasteiger partial charge in [0.05, 0.1) is 6.04 Å². The normalized spacial score (nSPS) is 22.5. The molecule has 1 saturated heterocycles. The van der Waals surface area contributed by atoms with E-state index in [-0.39, 0.29) is 6.04 Å². The van der Waals surface area contributed by atoms with Crippen LogP contribution in [0.3, 0.4) is 0 Å². The molecule has 1 aromatic heterocycles. The van der Waals surface area contributed by atoms with E-state index in [1.165, 1.54) is 18.0 Å². The molecule has 1 aromatic rings. The summed E-state index contributed by atoms with van der Waals surface area (Å²) in [6.07, 6.45) is 0. The van der Waals surface area contributed by atoms with Crippen molar-refractivity contribution in [3.05, 3.63) is 22.4 Å². The fraction of sp³-hybridized carbons (Fsp3) is 0.692. The van der Waals surface area contributed by atoms with E-state index in [4.69, 9.17) is 5.73 Å². The van der Waals surface area contributed by atoms with E-state index in [0.717, 1.165) is 19.6 Å². The largest absolute Gasteiger partial charge is 0.326 e. The number of likely N-dealkylation sites (N-methyl/N-ethyl adjacent to an activating group) is 1. The summed E-state index contributed by atoms with van der Waals surface area (Å²) >= 11 is 1.82. The third kappa shape index (κ3) is 3.07. The number of hydrogen-bond acceptors (Lipinski definition) is 4. The Morgan fingerprint density at radius 2 is 2.06 bits per heavy atom. The van der Waals surface area contributed by atoms with Crippen molar-refractivity contribution < 1.29 is 0 Å². The van der Waals surface area contributed by atoms with Gasteiger partial charge in [0.15, 0.2) is 0 Å². The fourth-order valence-corrected chi connectivity index (χ4v) is 3.56. The standard InChI is InChI=1S/C13H23N3S/c1-3-15-6-8-16(9-7-15)13(11(2)14)12-5-4-10-17-12/h4-5,10-11,13H,3,6-9,14H2,1-2H3/t11-,13-/m0/s1. The molecule has 0 bridgehead atoms. The molecule has 0 saturated carbocycles. The van der Waals surface area contributed by atoms with Crippen molar-refractivity contribution in [1.82, 2.24) is 9.80 Å². The van der Waals surface area contributed by atoms with Crippen molar-refractivity contribution in [2.45, 2.75) is 25.9 Å². The van der Waals surface area contributed by atoms with Gasteiger partial charge >= 0.3 is 0 Å². The van der Waals surface area contributed by atoms with E-state index in [1.807, 2.05) is 11.3 Å². The van der Waals surface area contributed by atoms with E-state index in [9.17, 15) is 0 Å². The van der Waals surface area contributed by atoms with Crippen molar-refractivity contribution >= 4 is 11.3 Å². The lowest BCUT2D eigenvalue weighted by atomic mass is 10.1. The summed E-state index contributed by atoms with van der Waals surface area (Å²) in [4.78, 5) is 6.45. The molecule has 1 fully saturated rings. The number of rotatable bonds is 4. The molecule has 96 valence electrons. The molecule has 17 heavy (non-hydrogen) atoms. The predicted octanol–water partition coefficient (Wildman–Crippen LogP) is 1.77. The summed E-state index contributed by atoms with van der Waals surface area (Å²) in [6, 6.07) is 4.93. The first-order valence-corrected chi connectivity index (χ1v) is 7.35. The Hall–Kier alpha value is -0.420. The second kappa shape index (κ2) is 5.96. The van der Waals surface area contributed by atoms with Gasteiger partial charge in [-0.1, -0.05) is 13.0 Å². The second-order valence-corrected chi connectivity index (χ2v) is 5.77. The molecule has 0 spiro atoms. The first-order valence-electron chi connectivity index (χ1n) is 6.47. The Bertz CT molecular complexity index is 315. The molecular formula is C13H23N3S. The maximum Gasteiger partial charge on any atom is 0.0591 e. The van der Waals surface area contributed by atoms with E-state index in [2.05, 4.69) is 41.2 Å². The van der Waals surface area contributed by atoms with Gasteiger partial charge in [0.2, 0.25) is 0 Å². The van der Waals surface area contributed by atoms with Crippen LogP contribution in [-0.4, -0.2) is 48.6 Å². The van der Waals surface area contributed by atoms with Gasteiger partial charge in [-0.2, -0.15) is 0 Å². The van der Waals surface area contributed by atoms with E-state index < -0.39 is 0 Å². The third-order valence-electron chi connectivity index (χ3n) is 3.58. The van der Waals surface area contributed by atoms with Crippen LogP contribution in [0.25, 0.3) is 0 Å². The van der Waals surface area contributed by atoms with Crippen LogP contribution in [-0.2, 0) is 0 Å². The van der Waals surface area contributed by atoms with Gasteiger partial charge in [-0.25, -0.2) is 0 Å². The van der Waals surface area contributed by atoms with Gasteiger partial charge in [0.1, 0.15) is 0 Å². The molecular weight excluding hydrogens is 230 g/mol. The Kier molecular flexibility index (Phi) is 4.56. The number of piperazine rings is 1. The van der Waals surface area contributed by atoms with E-state index in [1.54, 1.807) is 0 Å². The molecule has 2 N–H and O–H groups in total. The van der Waals surface area contributed by atoms with E-state index >= 15 is 0 Å². The minimum absolute atomic E-state index is 0.196. The topological polar surface area (TPSA) is 32.5 Å². The maximum absolute atomic E-state index is 6.18. The minimum atomic E-state index is 0.196. The number of thiophene rings is 1. The molecule has 2 atom stereocenters. The van der Waals surface area contributed by atoms with Gasteiger partial charge in [-0.05, 0) is 24.9 Å². The van der Waals surface area contributed by atoms with Crippen molar-refractivity contribution in [3.63, 3.8) is 0 Å².